The Labute approximate surface area is 176 Å². The average molecular weight is 428 g/mol. The predicted molar refractivity (Wildman–Crippen MR) is 116 cm³/mol. The number of amides is 2. The molecule has 2 aromatic rings. The molecular formula is C22H25N3O4S. The molecular weight excluding hydrogens is 402 g/mol. The molecule has 2 aliphatic heterocycles. The highest BCUT2D eigenvalue weighted by Crippen LogP contribution is 2.29. The summed E-state index contributed by atoms with van der Waals surface area (Å²) in [6, 6.07) is 15.4. The molecule has 8 heteroatoms. The Kier molecular flexibility index (Phi) is 5.76. The van der Waals surface area contributed by atoms with E-state index in [9.17, 15) is 18.0 Å². The second-order valence-electron chi connectivity index (χ2n) is 7.64. The molecule has 0 spiro atoms. The molecule has 2 saturated heterocycles. The van der Waals surface area contributed by atoms with Gasteiger partial charge in [-0.05, 0) is 49.1 Å². The van der Waals surface area contributed by atoms with Crippen LogP contribution in [0.15, 0.2) is 54.6 Å². The molecule has 2 aromatic carbocycles. The maximum atomic E-state index is 13.2. The number of rotatable bonds is 5. The Hall–Kier alpha value is -2.87. The summed E-state index contributed by atoms with van der Waals surface area (Å²) in [6.07, 6.45) is 2.79. The summed E-state index contributed by atoms with van der Waals surface area (Å²) in [5, 5.41) is 2.90. The Bertz CT molecular complexity index is 1020. The summed E-state index contributed by atoms with van der Waals surface area (Å²) < 4.78 is 25.6. The van der Waals surface area contributed by atoms with Gasteiger partial charge in [0.15, 0.2) is 0 Å². The van der Waals surface area contributed by atoms with Crippen molar-refractivity contribution < 1.29 is 18.0 Å². The van der Waals surface area contributed by atoms with Crippen LogP contribution >= 0.6 is 0 Å². The van der Waals surface area contributed by atoms with E-state index in [-0.39, 0.29) is 17.6 Å². The minimum atomic E-state index is -3.24. The molecule has 1 N–H and O–H groups in total. The first-order chi connectivity index (χ1) is 14.5. The molecule has 0 saturated carbocycles. The number of piperidine rings is 1. The third-order valence-corrected chi connectivity index (χ3v) is 7.43. The van der Waals surface area contributed by atoms with Crippen molar-refractivity contribution in [3.63, 3.8) is 0 Å². The van der Waals surface area contributed by atoms with Gasteiger partial charge < -0.3 is 10.2 Å². The van der Waals surface area contributed by atoms with Crippen molar-refractivity contribution in [2.75, 3.05) is 28.5 Å². The lowest BCUT2D eigenvalue weighted by atomic mass is 10.0. The predicted octanol–water partition coefficient (Wildman–Crippen LogP) is 2.92. The number of anilines is 2. The van der Waals surface area contributed by atoms with Gasteiger partial charge in [0.2, 0.25) is 15.9 Å². The van der Waals surface area contributed by atoms with Crippen LogP contribution in [-0.4, -0.2) is 44.0 Å². The Morgan fingerprint density at radius 3 is 2.30 bits per heavy atom. The van der Waals surface area contributed by atoms with E-state index in [0.717, 1.165) is 18.4 Å². The molecule has 1 atom stereocenters. The highest BCUT2D eigenvalue weighted by atomic mass is 32.2. The first-order valence-electron chi connectivity index (χ1n) is 10.2. The Morgan fingerprint density at radius 2 is 1.67 bits per heavy atom. The van der Waals surface area contributed by atoms with Crippen molar-refractivity contribution in [1.82, 2.24) is 4.90 Å². The Balaban J connectivity index is 1.54. The third-order valence-electron chi connectivity index (χ3n) is 5.56. The molecule has 2 aliphatic rings. The molecule has 1 unspecified atom stereocenters. The third kappa shape index (κ3) is 4.18. The summed E-state index contributed by atoms with van der Waals surface area (Å²) in [4.78, 5) is 27.3. The fourth-order valence-corrected chi connectivity index (χ4v) is 5.62. The lowest BCUT2D eigenvalue weighted by molar-refractivity contribution is -0.141. The molecule has 0 aromatic heterocycles. The fraction of sp³-hybridized carbons (Fsp3) is 0.364. The van der Waals surface area contributed by atoms with Crippen LogP contribution in [0.2, 0.25) is 0 Å². The van der Waals surface area contributed by atoms with Gasteiger partial charge in [0.25, 0.3) is 5.91 Å². The zero-order valence-corrected chi connectivity index (χ0v) is 17.5. The number of hydrogen-bond donors (Lipinski definition) is 1. The number of sulfonamides is 1. The second kappa shape index (κ2) is 8.47. The first-order valence-corrected chi connectivity index (χ1v) is 11.8. The van der Waals surface area contributed by atoms with Crippen LogP contribution in [0.5, 0.6) is 0 Å². The van der Waals surface area contributed by atoms with Crippen molar-refractivity contribution in [3.05, 3.63) is 60.2 Å². The standard InChI is InChI=1S/C22H25N3O4S/c26-20-9-4-5-14-24(20)21(17-7-2-1-3-8-17)22(27)23-18-10-12-19(13-11-18)25-15-6-16-30(25,28)29/h1-3,7-8,10-13,21H,4-6,9,14-16H2,(H,23,27). The second-order valence-corrected chi connectivity index (χ2v) is 9.65. The highest BCUT2D eigenvalue weighted by Gasteiger charge is 2.33. The van der Waals surface area contributed by atoms with Crippen molar-refractivity contribution >= 4 is 33.2 Å². The van der Waals surface area contributed by atoms with Crippen molar-refractivity contribution in [2.24, 2.45) is 0 Å². The number of carbonyl (C=O) groups excluding carboxylic acids is 2. The van der Waals surface area contributed by atoms with Gasteiger partial charge in [-0.1, -0.05) is 30.3 Å². The fourth-order valence-electron chi connectivity index (χ4n) is 4.06. The Morgan fingerprint density at radius 1 is 0.933 bits per heavy atom. The highest BCUT2D eigenvalue weighted by molar-refractivity contribution is 7.93. The van der Waals surface area contributed by atoms with Crippen LogP contribution in [0.25, 0.3) is 0 Å². The molecule has 0 bridgehead atoms. The van der Waals surface area contributed by atoms with Crippen LogP contribution < -0.4 is 9.62 Å². The zero-order valence-electron chi connectivity index (χ0n) is 16.7. The van der Waals surface area contributed by atoms with Crippen LogP contribution in [0.3, 0.4) is 0 Å². The van der Waals surface area contributed by atoms with Crippen molar-refractivity contribution in [1.29, 1.82) is 0 Å². The van der Waals surface area contributed by atoms with Gasteiger partial charge in [0, 0.05) is 25.2 Å². The zero-order chi connectivity index (χ0) is 21.1. The van der Waals surface area contributed by atoms with E-state index in [0.29, 0.717) is 37.3 Å². The number of likely N-dealkylation sites (tertiary alicyclic amines) is 1. The topological polar surface area (TPSA) is 86.8 Å². The molecule has 0 radical (unpaired) electrons. The number of nitrogens with zero attached hydrogens (tertiary/aromatic N) is 2. The van der Waals surface area contributed by atoms with Gasteiger partial charge in [-0.25, -0.2) is 8.42 Å². The number of benzene rings is 2. The number of carbonyl (C=O) groups is 2. The van der Waals surface area contributed by atoms with E-state index in [2.05, 4.69) is 5.32 Å². The van der Waals surface area contributed by atoms with Crippen LogP contribution in [-0.2, 0) is 19.6 Å². The van der Waals surface area contributed by atoms with Gasteiger partial charge in [-0.3, -0.25) is 13.9 Å². The van der Waals surface area contributed by atoms with Gasteiger partial charge in [-0.2, -0.15) is 0 Å². The minimum absolute atomic E-state index is 0.0140. The van der Waals surface area contributed by atoms with E-state index in [1.807, 2.05) is 30.3 Å². The van der Waals surface area contributed by atoms with Gasteiger partial charge in [0.05, 0.1) is 11.4 Å². The number of nitrogens with one attached hydrogen (secondary N) is 1. The van der Waals surface area contributed by atoms with Gasteiger partial charge >= 0.3 is 0 Å². The van der Waals surface area contributed by atoms with Gasteiger partial charge in [0.1, 0.15) is 6.04 Å². The van der Waals surface area contributed by atoms with E-state index in [1.165, 1.54) is 4.31 Å². The lowest BCUT2D eigenvalue weighted by Crippen LogP contribution is -2.43. The molecule has 2 heterocycles. The molecule has 0 aliphatic carbocycles. The summed E-state index contributed by atoms with van der Waals surface area (Å²) >= 11 is 0. The monoisotopic (exact) mass is 427 g/mol. The normalized spacial score (nSPS) is 19.5. The largest absolute Gasteiger partial charge is 0.327 e. The lowest BCUT2D eigenvalue weighted by Gasteiger charge is -2.34. The maximum absolute atomic E-state index is 13.2. The maximum Gasteiger partial charge on any atom is 0.251 e. The van der Waals surface area contributed by atoms with Gasteiger partial charge in [-0.15, -0.1) is 0 Å². The summed E-state index contributed by atoms with van der Waals surface area (Å²) in [6.45, 7) is 1.03. The van der Waals surface area contributed by atoms with Crippen molar-refractivity contribution in [2.45, 2.75) is 31.7 Å². The van der Waals surface area contributed by atoms with E-state index in [4.69, 9.17) is 0 Å². The minimum Gasteiger partial charge on any atom is -0.327 e. The van der Waals surface area contributed by atoms with Crippen LogP contribution in [0.4, 0.5) is 11.4 Å². The number of hydrogen-bond acceptors (Lipinski definition) is 4. The van der Waals surface area contributed by atoms with Crippen LogP contribution in [0, 0.1) is 0 Å². The SMILES string of the molecule is O=C(Nc1ccc(N2CCCS2(=O)=O)cc1)C(c1ccccc1)N1CCCCC1=O. The van der Waals surface area contributed by atoms with E-state index in [1.54, 1.807) is 29.2 Å². The summed E-state index contributed by atoms with van der Waals surface area (Å²) in [5.74, 6) is -0.133. The first kappa shape index (κ1) is 20.4. The van der Waals surface area contributed by atoms with E-state index >= 15 is 0 Å². The molecule has 2 fully saturated rings. The molecule has 30 heavy (non-hydrogen) atoms. The smallest absolute Gasteiger partial charge is 0.251 e. The van der Waals surface area contributed by atoms with Crippen molar-refractivity contribution in [3.8, 4) is 0 Å². The quantitative estimate of drug-likeness (QED) is 0.795. The van der Waals surface area contributed by atoms with Crippen LogP contribution in [0.1, 0.15) is 37.3 Å². The average Bonchev–Trinajstić information content (AvgIpc) is 3.10. The van der Waals surface area contributed by atoms with E-state index < -0.39 is 16.1 Å². The summed E-state index contributed by atoms with van der Waals surface area (Å²) in [7, 11) is -3.24. The molecule has 2 amide bonds. The summed E-state index contributed by atoms with van der Waals surface area (Å²) in [5.41, 5.74) is 1.92. The molecule has 158 valence electrons. The molecule has 4 rings (SSSR count). The molecule has 7 nitrogen and oxygen atoms in total.